The largest absolute Gasteiger partial charge is 0.445 e. The Balaban J connectivity index is 1.32. The molecule has 0 aromatic heterocycles. The monoisotopic (exact) mass is 412 g/mol. The Hall–Kier alpha value is -2.47. The summed E-state index contributed by atoms with van der Waals surface area (Å²) in [6, 6.07) is 9.74. The lowest BCUT2D eigenvalue weighted by molar-refractivity contribution is -0.0340. The predicted octanol–water partition coefficient (Wildman–Crippen LogP) is 4.83. The molecular weight excluding hydrogens is 386 g/mol. The second-order valence-corrected chi connectivity index (χ2v) is 8.71. The summed E-state index contributed by atoms with van der Waals surface area (Å²) < 4.78 is 32.8. The van der Waals surface area contributed by atoms with E-state index < -0.39 is 11.6 Å². The number of nitrogens with zero attached hydrogens (tertiary/aromatic N) is 1. The molecule has 158 valence electrons. The molecule has 3 aliphatic heterocycles. The second kappa shape index (κ2) is 7.99. The number of benzene rings is 2. The fraction of sp³-hybridized carbons (Fsp3) is 0.458. The van der Waals surface area contributed by atoms with E-state index in [1.165, 1.54) is 11.6 Å². The molecule has 4 aliphatic rings. The molecule has 3 heterocycles. The number of halogens is 2. The van der Waals surface area contributed by atoms with E-state index in [1.54, 1.807) is 6.07 Å². The molecule has 30 heavy (non-hydrogen) atoms. The first kappa shape index (κ1) is 19.5. The highest BCUT2D eigenvalue weighted by molar-refractivity contribution is 5.70. The van der Waals surface area contributed by atoms with Gasteiger partial charge in [0.1, 0.15) is 6.10 Å². The van der Waals surface area contributed by atoms with Crippen molar-refractivity contribution in [2.24, 2.45) is 5.92 Å². The van der Waals surface area contributed by atoms with Crippen molar-refractivity contribution >= 4 is 6.09 Å². The van der Waals surface area contributed by atoms with Crippen molar-refractivity contribution in [3.63, 3.8) is 0 Å². The third-order valence-electron chi connectivity index (χ3n) is 6.86. The van der Waals surface area contributed by atoms with E-state index >= 15 is 0 Å². The number of nitrogens with one attached hydrogen (secondary N) is 1. The summed E-state index contributed by atoms with van der Waals surface area (Å²) in [5.41, 5.74) is 3.65. The van der Waals surface area contributed by atoms with E-state index in [4.69, 9.17) is 4.74 Å². The molecule has 6 rings (SSSR count). The van der Waals surface area contributed by atoms with Gasteiger partial charge in [-0.05, 0) is 91.6 Å². The second-order valence-electron chi connectivity index (χ2n) is 8.71. The van der Waals surface area contributed by atoms with Crippen LogP contribution in [0.25, 0.3) is 11.1 Å². The maximum absolute atomic E-state index is 13.7. The van der Waals surface area contributed by atoms with Crippen LogP contribution in [-0.2, 0) is 11.2 Å². The molecular formula is C24H26F2N2O2. The number of aryl methyl sites for hydroxylation is 1. The lowest BCUT2D eigenvalue weighted by Gasteiger charge is -2.44. The first-order chi connectivity index (χ1) is 14.6. The van der Waals surface area contributed by atoms with Gasteiger partial charge >= 0.3 is 6.09 Å². The van der Waals surface area contributed by atoms with Gasteiger partial charge < -0.3 is 10.1 Å². The van der Waals surface area contributed by atoms with Crippen molar-refractivity contribution in [3.05, 3.63) is 59.2 Å². The van der Waals surface area contributed by atoms with Crippen molar-refractivity contribution in [2.45, 2.75) is 44.2 Å². The van der Waals surface area contributed by atoms with E-state index in [0.29, 0.717) is 11.5 Å². The molecule has 4 nitrogen and oxygen atoms in total. The van der Waals surface area contributed by atoms with E-state index in [2.05, 4.69) is 10.2 Å². The molecule has 0 spiro atoms. The predicted molar refractivity (Wildman–Crippen MR) is 110 cm³/mol. The molecule has 3 fully saturated rings. The van der Waals surface area contributed by atoms with Crippen LogP contribution in [0.3, 0.4) is 0 Å². The summed E-state index contributed by atoms with van der Waals surface area (Å²) in [4.78, 5) is 15.0. The van der Waals surface area contributed by atoms with Crippen molar-refractivity contribution < 1.29 is 18.3 Å². The van der Waals surface area contributed by atoms with Gasteiger partial charge in [0, 0.05) is 6.54 Å². The highest BCUT2D eigenvalue weighted by atomic mass is 19.2. The number of hydrogen-bond acceptors (Lipinski definition) is 3. The number of fused-ring (bicyclic) bond motifs is 4. The summed E-state index contributed by atoms with van der Waals surface area (Å²) in [5.74, 6) is -1.24. The van der Waals surface area contributed by atoms with E-state index in [9.17, 15) is 13.6 Å². The van der Waals surface area contributed by atoms with Crippen LogP contribution in [-0.4, -0.2) is 36.7 Å². The van der Waals surface area contributed by atoms with Crippen LogP contribution < -0.4 is 5.32 Å². The Morgan fingerprint density at radius 3 is 2.50 bits per heavy atom. The maximum Gasteiger partial charge on any atom is 0.407 e. The summed E-state index contributed by atoms with van der Waals surface area (Å²) in [6.45, 7) is 3.05. The third-order valence-corrected chi connectivity index (χ3v) is 6.86. The van der Waals surface area contributed by atoms with Crippen LogP contribution in [0.15, 0.2) is 36.4 Å². The quantitative estimate of drug-likeness (QED) is 0.785. The average molecular weight is 412 g/mol. The lowest BCUT2D eigenvalue weighted by Crippen LogP contribution is -2.52. The number of rotatable bonds is 3. The number of ether oxygens (including phenoxy) is 1. The minimum absolute atomic E-state index is 0.0240. The number of hydrogen-bond donors (Lipinski definition) is 1. The number of alkyl carbamates (subject to hydrolysis) is 1. The smallest absolute Gasteiger partial charge is 0.407 e. The summed E-state index contributed by atoms with van der Waals surface area (Å²) in [6.07, 6.45) is 4.59. The highest BCUT2D eigenvalue weighted by Gasteiger charge is 2.37. The average Bonchev–Trinajstić information content (AvgIpc) is 2.76. The topological polar surface area (TPSA) is 41.6 Å². The maximum atomic E-state index is 13.7. The van der Waals surface area contributed by atoms with Crippen LogP contribution in [0.1, 0.15) is 42.9 Å². The first-order valence-corrected chi connectivity index (χ1v) is 10.8. The number of carbonyl (C=O) groups excluding carboxylic acids is 1. The van der Waals surface area contributed by atoms with Gasteiger partial charge in [-0.15, -0.1) is 0 Å². The van der Waals surface area contributed by atoms with Gasteiger partial charge in [-0.1, -0.05) is 18.2 Å². The minimum Gasteiger partial charge on any atom is -0.445 e. The van der Waals surface area contributed by atoms with Crippen LogP contribution >= 0.6 is 0 Å². The first-order valence-electron chi connectivity index (χ1n) is 10.8. The zero-order valence-electron chi connectivity index (χ0n) is 16.9. The van der Waals surface area contributed by atoms with Gasteiger partial charge in [0.05, 0.1) is 6.04 Å². The molecule has 1 aliphatic carbocycles. The van der Waals surface area contributed by atoms with Gasteiger partial charge in [0.15, 0.2) is 11.6 Å². The zero-order valence-corrected chi connectivity index (χ0v) is 16.9. The Bertz CT molecular complexity index is 956. The molecule has 0 radical (unpaired) electrons. The number of amides is 1. The summed E-state index contributed by atoms with van der Waals surface area (Å²) in [5, 5.41) is 3.07. The van der Waals surface area contributed by atoms with E-state index in [-0.39, 0.29) is 18.2 Å². The molecule has 6 heteroatoms. The molecule has 3 saturated heterocycles. The van der Waals surface area contributed by atoms with Gasteiger partial charge in [-0.2, -0.15) is 0 Å². The Morgan fingerprint density at radius 2 is 1.77 bits per heavy atom. The lowest BCUT2D eigenvalue weighted by atomic mass is 9.85. The molecule has 2 aromatic carbocycles. The molecule has 2 bridgehead atoms. The molecule has 1 unspecified atom stereocenters. The normalized spacial score (nSPS) is 27.4. The molecule has 2 aromatic rings. The van der Waals surface area contributed by atoms with Crippen LogP contribution in [0.2, 0.25) is 0 Å². The van der Waals surface area contributed by atoms with Crippen molar-refractivity contribution in [3.8, 4) is 11.1 Å². The van der Waals surface area contributed by atoms with Gasteiger partial charge in [0.25, 0.3) is 0 Å². The van der Waals surface area contributed by atoms with Gasteiger partial charge in [0.2, 0.25) is 0 Å². The van der Waals surface area contributed by atoms with Gasteiger partial charge in [-0.3, -0.25) is 4.90 Å². The third kappa shape index (κ3) is 3.81. The Morgan fingerprint density at radius 1 is 1.00 bits per heavy atom. The van der Waals surface area contributed by atoms with Crippen molar-refractivity contribution in [1.82, 2.24) is 10.2 Å². The molecule has 1 N–H and O–H groups in total. The summed E-state index contributed by atoms with van der Waals surface area (Å²) in [7, 11) is 0. The van der Waals surface area contributed by atoms with Crippen LogP contribution in [0, 0.1) is 17.6 Å². The van der Waals surface area contributed by atoms with Crippen molar-refractivity contribution in [1.29, 1.82) is 0 Å². The van der Waals surface area contributed by atoms with Gasteiger partial charge in [-0.25, -0.2) is 13.6 Å². The minimum atomic E-state index is -0.860. The van der Waals surface area contributed by atoms with E-state index in [0.717, 1.165) is 68.9 Å². The van der Waals surface area contributed by atoms with Crippen LogP contribution in [0.4, 0.5) is 13.6 Å². The highest BCUT2D eigenvalue weighted by Crippen LogP contribution is 2.34. The summed E-state index contributed by atoms with van der Waals surface area (Å²) >= 11 is 0. The van der Waals surface area contributed by atoms with Crippen LogP contribution in [0.5, 0.6) is 0 Å². The zero-order chi connectivity index (χ0) is 20.7. The molecule has 0 saturated carbocycles. The number of piperidine rings is 3. The standard InChI is InChI=1S/C24H26F2N2O2/c25-20-7-6-18(13-21(20)26)17-5-4-15-2-1-3-22(19(15)12-17)27-24(29)30-23-14-28-10-8-16(23)9-11-28/h4-7,12-13,16,22-23H,1-3,8-11,14H2,(H,27,29)/t22?,23-/m1/s1. The van der Waals surface area contributed by atoms with Crippen molar-refractivity contribution in [2.75, 3.05) is 19.6 Å². The van der Waals surface area contributed by atoms with E-state index in [1.807, 2.05) is 18.2 Å². The SMILES string of the molecule is O=C(NC1CCCc2ccc(-c3ccc(F)c(F)c3)cc21)O[C@@H]1CN2CCC1CC2. The molecule has 2 atom stereocenters. The fourth-order valence-electron chi connectivity index (χ4n) is 5.16. The fourth-order valence-corrected chi connectivity index (χ4v) is 5.16. The Kier molecular flexibility index (Phi) is 5.19. The Labute approximate surface area is 175 Å². The number of carbonyl (C=O) groups is 1. The molecule has 1 amide bonds.